The van der Waals surface area contributed by atoms with Crippen LogP contribution in [0.1, 0.15) is 18.4 Å². The molecule has 4 rings (SSSR count). The highest BCUT2D eigenvalue weighted by atomic mass is 32.2. The minimum Gasteiger partial charge on any atom is -0.493 e. The zero-order valence-corrected chi connectivity index (χ0v) is 18.0. The average Bonchev–Trinajstić information content (AvgIpc) is 2.78. The summed E-state index contributed by atoms with van der Waals surface area (Å²) in [7, 11) is -0.684. The van der Waals surface area contributed by atoms with Crippen LogP contribution in [0.5, 0.6) is 11.5 Å². The molecule has 8 nitrogen and oxygen atoms in total. The third kappa shape index (κ3) is 3.94. The van der Waals surface area contributed by atoms with Gasteiger partial charge in [-0.3, -0.25) is 4.79 Å². The van der Waals surface area contributed by atoms with Crippen molar-refractivity contribution in [2.75, 3.05) is 19.2 Å². The van der Waals surface area contributed by atoms with Crippen molar-refractivity contribution in [1.82, 2.24) is 0 Å². The van der Waals surface area contributed by atoms with Gasteiger partial charge < -0.3 is 9.47 Å². The smallest absolute Gasteiger partial charge is 0.251 e. The normalized spacial score (nSPS) is 20.8. The zero-order chi connectivity index (χ0) is 22.2. The summed E-state index contributed by atoms with van der Waals surface area (Å²) in [5.41, 5.74) is 2.08. The van der Waals surface area contributed by atoms with Crippen LogP contribution in [0.2, 0.25) is 0 Å². The van der Waals surface area contributed by atoms with Gasteiger partial charge >= 0.3 is 0 Å². The molecule has 2 aromatic carbocycles. The molecule has 0 fully saturated rings. The number of methoxy groups -OCH3 is 2. The minimum absolute atomic E-state index is 0.0247. The van der Waals surface area contributed by atoms with Crippen LogP contribution in [0.15, 0.2) is 64.6 Å². The van der Waals surface area contributed by atoms with Crippen LogP contribution in [0.3, 0.4) is 0 Å². The van der Waals surface area contributed by atoms with Gasteiger partial charge in [-0.1, -0.05) is 12.2 Å². The summed E-state index contributed by atoms with van der Waals surface area (Å²) in [5.74, 6) is 0.738. The van der Waals surface area contributed by atoms with Crippen LogP contribution >= 0.6 is 0 Å². The van der Waals surface area contributed by atoms with E-state index >= 15 is 0 Å². The Morgan fingerprint density at radius 2 is 1.61 bits per heavy atom. The summed E-state index contributed by atoms with van der Waals surface area (Å²) < 4.78 is 33.9. The average molecular weight is 442 g/mol. The quantitative estimate of drug-likeness (QED) is 0.717. The number of hydrogen-bond acceptors (Lipinski definition) is 6. The van der Waals surface area contributed by atoms with Gasteiger partial charge in [0.25, 0.3) is 5.91 Å². The van der Waals surface area contributed by atoms with E-state index in [1.54, 1.807) is 14.2 Å². The Morgan fingerprint density at radius 1 is 0.968 bits per heavy atom. The molecule has 162 valence electrons. The number of nitrogens with two attached hydrogens (primary N) is 1. The van der Waals surface area contributed by atoms with E-state index in [2.05, 4.69) is 6.08 Å². The predicted octanol–water partition coefficient (Wildman–Crippen LogP) is 2.68. The SMILES string of the molecule is COc1ccc(C2=NN(c3ccc(S(N)(=O)=O)cc3)C(=O)[C@H]3CC=CC[C@@H]23)cc1OC. The molecule has 1 aliphatic heterocycles. The maximum absolute atomic E-state index is 13.2. The molecule has 0 radical (unpaired) electrons. The second-order valence-corrected chi connectivity index (χ2v) is 8.96. The minimum atomic E-state index is -3.83. The molecular formula is C22H23N3O5S. The Hall–Kier alpha value is -3.17. The molecule has 1 amide bonds. The first kappa shape index (κ1) is 21.1. The standard InChI is InChI=1S/C22H23N3O5S/c1-29-19-12-7-14(13-20(19)30-2)21-17-5-3-4-6-18(17)22(26)25(24-21)15-8-10-16(11-9-15)31(23,27)28/h3-4,7-13,17-18H,5-6H2,1-2H3,(H2,23,27,28)/t17-,18+/m1/s1. The summed E-state index contributed by atoms with van der Waals surface area (Å²) in [5, 5.41) is 11.2. The lowest BCUT2D eigenvalue weighted by atomic mass is 9.76. The van der Waals surface area contributed by atoms with Gasteiger partial charge in [0.05, 0.1) is 36.4 Å². The number of rotatable bonds is 5. The van der Waals surface area contributed by atoms with E-state index < -0.39 is 10.0 Å². The van der Waals surface area contributed by atoms with Crippen molar-refractivity contribution in [3.05, 3.63) is 60.2 Å². The van der Waals surface area contributed by atoms with Gasteiger partial charge in [-0.05, 0) is 55.3 Å². The van der Waals surface area contributed by atoms with E-state index in [1.165, 1.54) is 29.3 Å². The maximum Gasteiger partial charge on any atom is 0.251 e. The number of sulfonamides is 1. The molecule has 9 heteroatoms. The van der Waals surface area contributed by atoms with Gasteiger partial charge in [0.15, 0.2) is 11.5 Å². The highest BCUT2D eigenvalue weighted by molar-refractivity contribution is 7.89. The lowest BCUT2D eigenvalue weighted by Crippen LogP contribution is -2.45. The van der Waals surface area contributed by atoms with E-state index in [0.29, 0.717) is 30.0 Å². The molecule has 0 bridgehead atoms. The number of hydrazone groups is 1. The molecule has 0 saturated heterocycles. The van der Waals surface area contributed by atoms with Gasteiger partial charge in [-0.15, -0.1) is 0 Å². The molecule has 2 N–H and O–H groups in total. The van der Waals surface area contributed by atoms with Crippen LogP contribution < -0.4 is 19.6 Å². The van der Waals surface area contributed by atoms with Gasteiger partial charge in [0, 0.05) is 11.5 Å². The molecule has 0 unspecified atom stereocenters. The Bertz CT molecular complexity index is 1170. The Labute approximate surface area is 181 Å². The van der Waals surface area contributed by atoms with Crippen molar-refractivity contribution in [3.8, 4) is 11.5 Å². The Morgan fingerprint density at radius 3 is 2.23 bits per heavy atom. The molecular weight excluding hydrogens is 418 g/mol. The molecule has 31 heavy (non-hydrogen) atoms. The third-order valence-electron chi connectivity index (χ3n) is 5.61. The predicted molar refractivity (Wildman–Crippen MR) is 117 cm³/mol. The van der Waals surface area contributed by atoms with Crippen molar-refractivity contribution in [2.24, 2.45) is 22.1 Å². The fraction of sp³-hybridized carbons (Fsp3) is 0.273. The van der Waals surface area contributed by atoms with E-state index in [1.807, 2.05) is 24.3 Å². The van der Waals surface area contributed by atoms with Gasteiger partial charge in [0.2, 0.25) is 10.0 Å². The van der Waals surface area contributed by atoms with E-state index in [9.17, 15) is 13.2 Å². The molecule has 1 aliphatic carbocycles. The van der Waals surface area contributed by atoms with Crippen LogP contribution in [0.4, 0.5) is 5.69 Å². The zero-order valence-electron chi connectivity index (χ0n) is 17.2. The lowest BCUT2D eigenvalue weighted by Gasteiger charge is -2.37. The second kappa shape index (κ2) is 8.16. The van der Waals surface area contributed by atoms with E-state index in [-0.39, 0.29) is 22.6 Å². The van der Waals surface area contributed by atoms with Crippen molar-refractivity contribution in [3.63, 3.8) is 0 Å². The topological polar surface area (TPSA) is 111 Å². The summed E-state index contributed by atoms with van der Waals surface area (Å²) in [6.45, 7) is 0. The number of benzene rings is 2. The van der Waals surface area contributed by atoms with E-state index in [4.69, 9.17) is 19.7 Å². The number of carbonyl (C=O) groups is 1. The number of amides is 1. The van der Waals surface area contributed by atoms with Crippen molar-refractivity contribution < 1.29 is 22.7 Å². The first-order chi connectivity index (χ1) is 14.8. The second-order valence-electron chi connectivity index (χ2n) is 7.40. The molecule has 2 aromatic rings. The fourth-order valence-corrected chi connectivity index (χ4v) is 4.52. The monoisotopic (exact) mass is 441 g/mol. The lowest BCUT2D eigenvalue weighted by molar-refractivity contribution is -0.123. The number of allylic oxidation sites excluding steroid dienone is 2. The van der Waals surface area contributed by atoms with Crippen LogP contribution in [0.25, 0.3) is 0 Å². The van der Waals surface area contributed by atoms with Gasteiger partial charge in [-0.25, -0.2) is 18.6 Å². The van der Waals surface area contributed by atoms with Crippen molar-refractivity contribution in [2.45, 2.75) is 17.7 Å². The molecule has 2 aliphatic rings. The summed E-state index contributed by atoms with van der Waals surface area (Å²) in [4.78, 5) is 13.2. The number of nitrogens with zero attached hydrogens (tertiary/aromatic N) is 2. The number of carbonyl (C=O) groups excluding carboxylic acids is 1. The van der Waals surface area contributed by atoms with Crippen molar-refractivity contribution >= 4 is 27.3 Å². The first-order valence-corrected chi connectivity index (χ1v) is 11.3. The van der Waals surface area contributed by atoms with Crippen LogP contribution in [-0.2, 0) is 14.8 Å². The number of fused-ring (bicyclic) bond motifs is 1. The van der Waals surface area contributed by atoms with E-state index in [0.717, 1.165) is 11.3 Å². The number of hydrogen-bond donors (Lipinski definition) is 1. The molecule has 0 aromatic heterocycles. The fourth-order valence-electron chi connectivity index (χ4n) is 4.01. The summed E-state index contributed by atoms with van der Waals surface area (Å²) >= 11 is 0. The highest BCUT2D eigenvalue weighted by Gasteiger charge is 2.40. The largest absolute Gasteiger partial charge is 0.493 e. The number of ether oxygens (including phenoxy) is 2. The summed E-state index contributed by atoms with van der Waals surface area (Å²) in [6, 6.07) is 11.4. The third-order valence-corrected chi connectivity index (χ3v) is 6.54. The van der Waals surface area contributed by atoms with Crippen LogP contribution in [-0.4, -0.2) is 34.3 Å². The van der Waals surface area contributed by atoms with Gasteiger partial charge in [-0.2, -0.15) is 5.10 Å². The highest BCUT2D eigenvalue weighted by Crippen LogP contribution is 2.38. The Balaban J connectivity index is 1.80. The molecule has 2 atom stereocenters. The molecule has 0 saturated carbocycles. The molecule has 1 heterocycles. The number of primary sulfonamides is 1. The molecule has 0 spiro atoms. The summed E-state index contributed by atoms with van der Waals surface area (Å²) in [6.07, 6.45) is 5.41. The number of anilines is 1. The van der Waals surface area contributed by atoms with Gasteiger partial charge in [0.1, 0.15) is 0 Å². The Kier molecular flexibility index (Phi) is 5.55. The first-order valence-electron chi connectivity index (χ1n) is 9.76. The van der Waals surface area contributed by atoms with Crippen LogP contribution in [0, 0.1) is 11.8 Å². The van der Waals surface area contributed by atoms with Crippen molar-refractivity contribution in [1.29, 1.82) is 0 Å². The maximum atomic E-state index is 13.2.